The van der Waals surface area contributed by atoms with Gasteiger partial charge < -0.3 is 5.32 Å². The van der Waals surface area contributed by atoms with Gasteiger partial charge in [-0.2, -0.15) is 0 Å². The summed E-state index contributed by atoms with van der Waals surface area (Å²) in [5.74, 6) is -0.659. The second-order valence-electron chi connectivity index (χ2n) is 4.55. The standard InChI is InChI=1S/C12H14ClNO2/c1-12(2,3)9-6-8(13)4-5-10(9)14-11(16)7-15/h4-7H,1-3H3,(H,14,16). The fourth-order valence-corrected chi connectivity index (χ4v) is 1.58. The highest BCUT2D eigenvalue weighted by atomic mass is 35.5. The van der Waals surface area contributed by atoms with Gasteiger partial charge in [-0.1, -0.05) is 32.4 Å². The molecule has 3 nitrogen and oxygen atoms in total. The molecule has 0 aliphatic carbocycles. The Kier molecular flexibility index (Phi) is 3.70. The van der Waals surface area contributed by atoms with Crippen molar-refractivity contribution in [3.63, 3.8) is 0 Å². The number of hydrogen-bond acceptors (Lipinski definition) is 2. The molecule has 0 bridgehead atoms. The summed E-state index contributed by atoms with van der Waals surface area (Å²) in [7, 11) is 0. The Balaban J connectivity index is 3.18. The minimum atomic E-state index is -0.659. The van der Waals surface area contributed by atoms with E-state index in [0.29, 0.717) is 10.7 Å². The Labute approximate surface area is 99.8 Å². The van der Waals surface area contributed by atoms with Gasteiger partial charge in [-0.25, -0.2) is 0 Å². The van der Waals surface area contributed by atoms with Gasteiger partial charge in [0.15, 0.2) is 0 Å². The van der Waals surface area contributed by atoms with Crippen molar-refractivity contribution in [2.24, 2.45) is 0 Å². The summed E-state index contributed by atoms with van der Waals surface area (Å²) in [6, 6.07) is 5.17. The summed E-state index contributed by atoms with van der Waals surface area (Å²) in [4.78, 5) is 21.3. The van der Waals surface area contributed by atoms with Crippen LogP contribution in [0.15, 0.2) is 18.2 Å². The first-order valence-electron chi connectivity index (χ1n) is 4.91. The van der Waals surface area contributed by atoms with Crippen LogP contribution in [0.3, 0.4) is 0 Å². The van der Waals surface area contributed by atoms with E-state index in [4.69, 9.17) is 11.6 Å². The van der Waals surface area contributed by atoms with Gasteiger partial charge in [0, 0.05) is 10.7 Å². The lowest BCUT2D eigenvalue weighted by atomic mass is 9.86. The highest BCUT2D eigenvalue weighted by Crippen LogP contribution is 2.31. The van der Waals surface area contributed by atoms with Gasteiger partial charge in [0.1, 0.15) is 0 Å². The number of halogens is 1. The number of amides is 1. The van der Waals surface area contributed by atoms with E-state index < -0.39 is 5.91 Å². The summed E-state index contributed by atoms with van der Waals surface area (Å²) in [6.07, 6.45) is 0.251. The molecule has 1 aromatic rings. The fraction of sp³-hybridized carbons (Fsp3) is 0.333. The lowest BCUT2D eigenvalue weighted by Gasteiger charge is -2.23. The number of anilines is 1. The van der Waals surface area contributed by atoms with Gasteiger partial charge in [0.05, 0.1) is 0 Å². The molecule has 86 valence electrons. The van der Waals surface area contributed by atoms with Crippen LogP contribution in [0.2, 0.25) is 5.02 Å². The SMILES string of the molecule is CC(C)(C)c1cc(Cl)ccc1NC(=O)C=O. The third kappa shape index (κ3) is 3.07. The number of rotatable bonds is 2. The molecule has 1 aromatic carbocycles. The normalized spacial score (nSPS) is 11.0. The Morgan fingerprint density at radius 3 is 2.50 bits per heavy atom. The van der Waals surface area contributed by atoms with Crippen LogP contribution in [0, 0.1) is 0 Å². The van der Waals surface area contributed by atoms with Crippen LogP contribution < -0.4 is 5.32 Å². The average Bonchev–Trinajstić information content (AvgIpc) is 2.19. The quantitative estimate of drug-likeness (QED) is 0.637. The molecule has 0 saturated carbocycles. The minimum absolute atomic E-state index is 0.156. The first-order chi connectivity index (χ1) is 7.34. The van der Waals surface area contributed by atoms with Crippen LogP contribution >= 0.6 is 11.6 Å². The van der Waals surface area contributed by atoms with Crippen molar-refractivity contribution in [2.45, 2.75) is 26.2 Å². The highest BCUT2D eigenvalue weighted by Gasteiger charge is 2.19. The maximum Gasteiger partial charge on any atom is 0.288 e. The number of carbonyl (C=O) groups excluding carboxylic acids is 2. The summed E-state index contributed by atoms with van der Waals surface area (Å²) >= 11 is 5.91. The first kappa shape index (κ1) is 12.7. The molecule has 0 unspecified atom stereocenters. The third-order valence-electron chi connectivity index (χ3n) is 2.15. The first-order valence-corrected chi connectivity index (χ1v) is 5.28. The summed E-state index contributed by atoms with van der Waals surface area (Å²) in [5, 5.41) is 3.13. The largest absolute Gasteiger partial charge is 0.319 e. The van der Waals surface area contributed by atoms with Gasteiger partial charge in [0.2, 0.25) is 6.29 Å². The molecule has 0 atom stereocenters. The van der Waals surface area contributed by atoms with Crippen molar-refractivity contribution in [1.29, 1.82) is 0 Å². The molecule has 0 aliphatic heterocycles. The van der Waals surface area contributed by atoms with E-state index in [1.165, 1.54) is 0 Å². The molecule has 1 rings (SSSR count). The molecule has 1 N–H and O–H groups in total. The van der Waals surface area contributed by atoms with Crippen LogP contribution in [0.4, 0.5) is 5.69 Å². The molecule has 0 aromatic heterocycles. The second kappa shape index (κ2) is 4.66. The zero-order valence-corrected chi connectivity index (χ0v) is 10.3. The van der Waals surface area contributed by atoms with E-state index in [1.807, 2.05) is 20.8 Å². The predicted octanol–water partition coefficient (Wildman–Crippen LogP) is 2.77. The van der Waals surface area contributed by atoms with Crippen molar-refractivity contribution >= 4 is 29.5 Å². The minimum Gasteiger partial charge on any atom is -0.319 e. The van der Waals surface area contributed by atoms with Gasteiger partial charge >= 0.3 is 0 Å². The molecule has 0 saturated heterocycles. The van der Waals surface area contributed by atoms with Crippen molar-refractivity contribution in [3.8, 4) is 0 Å². The maximum atomic E-state index is 11.0. The van der Waals surface area contributed by atoms with Gasteiger partial charge in [-0.05, 0) is 29.2 Å². The molecular formula is C12H14ClNO2. The van der Waals surface area contributed by atoms with Crippen molar-refractivity contribution in [1.82, 2.24) is 0 Å². The maximum absolute atomic E-state index is 11.0. The molecule has 4 heteroatoms. The lowest BCUT2D eigenvalue weighted by molar-refractivity contribution is -0.127. The zero-order chi connectivity index (χ0) is 12.3. The van der Waals surface area contributed by atoms with Crippen LogP contribution in [0.1, 0.15) is 26.3 Å². The van der Waals surface area contributed by atoms with E-state index in [2.05, 4.69) is 5.32 Å². The average molecular weight is 240 g/mol. The van der Waals surface area contributed by atoms with Crippen LogP contribution in [0.25, 0.3) is 0 Å². The summed E-state index contributed by atoms with van der Waals surface area (Å²) in [5.41, 5.74) is 1.36. The number of benzene rings is 1. The predicted molar refractivity (Wildman–Crippen MR) is 64.8 cm³/mol. The molecule has 0 heterocycles. The smallest absolute Gasteiger partial charge is 0.288 e. The van der Waals surface area contributed by atoms with E-state index in [9.17, 15) is 9.59 Å². The number of nitrogens with one attached hydrogen (secondary N) is 1. The Hall–Kier alpha value is -1.35. The molecular weight excluding hydrogens is 226 g/mol. The van der Waals surface area contributed by atoms with E-state index >= 15 is 0 Å². The molecule has 0 aliphatic rings. The number of aldehydes is 1. The van der Waals surface area contributed by atoms with Crippen molar-refractivity contribution in [3.05, 3.63) is 28.8 Å². The van der Waals surface area contributed by atoms with Crippen LogP contribution in [-0.2, 0) is 15.0 Å². The van der Waals surface area contributed by atoms with Gasteiger partial charge in [0.25, 0.3) is 5.91 Å². The van der Waals surface area contributed by atoms with Crippen LogP contribution in [-0.4, -0.2) is 12.2 Å². The van der Waals surface area contributed by atoms with Gasteiger partial charge in [-0.3, -0.25) is 9.59 Å². The number of hydrogen-bond donors (Lipinski definition) is 1. The lowest BCUT2D eigenvalue weighted by Crippen LogP contribution is -2.19. The van der Waals surface area contributed by atoms with Gasteiger partial charge in [-0.15, -0.1) is 0 Å². The Morgan fingerprint density at radius 1 is 1.38 bits per heavy atom. The molecule has 16 heavy (non-hydrogen) atoms. The second-order valence-corrected chi connectivity index (χ2v) is 4.98. The monoisotopic (exact) mass is 239 g/mol. The zero-order valence-electron chi connectivity index (χ0n) is 9.50. The topological polar surface area (TPSA) is 46.2 Å². The molecule has 1 amide bonds. The Bertz CT molecular complexity index is 422. The molecule has 0 fully saturated rings. The Morgan fingerprint density at radius 2 is 2.00 bits per heavy atom. The van der Waals surface area contributed by atoms with E-state index in [0.717, 1.165) is 5.56 Å². The molecule has 0 spiro atoms. The number of carbonyl (C=O) groups is 2. The van der Waals surface area contributed by atoms with E-state index in [-0.39, 0.29) is 11.7 Å². The molecule has 0 radical (unpaired) electrons. The van der Waals surface area contributed by atoms with Crippen LogP contribution in [0.5, 0.6) is 0 Å². The fourth-order valence-electron chi connectivity index (χ4n) is 1.41. The van der Waals surface area contributed by atoms with E-state index in [1.54, 1.807) is 18.2 Å². The highest BCUT2D eigenvalue weighted by molar-refractivity contribution is 6.31. The third-order valence-corrected chi connectivity index (χ3v) is 2.39. The van der Waals surface area contributed by atoms with Crippen molar-refractivity contribution < 1.29 is 9.59 Å². The summed E-state index contributed by atoms with van der Waals surface area (Å²) < 4.78 is 0. The van der Waals surface area contributed by atoms with Crippen molar-refractivity contribution in [2.75, 3.05) is 5.32 Å². The summed E-state index contributed by atoms with van der Waals surface area (Å²) in [6.45, 7) is 6.03.